The third kappa shape index (κ3) is 3.68. The first-order chi connectivity index (χ1) is 10.7. The van der Waals surface area contributed by atoms with Crippen LogP contribution in [0.25, 0.3) is 11.4 Å². The zero-order valence-electron chi connectivity index (χ0n) is 12.7. The zero-order chi connectivity index (χ0) is 15.4. The Hall–Kier alpha value is -1.82. The predicted molar refractivity (Wildman–Crippen MR) is 87.5 cm³/mol. The van der Waals surface area contributed by atoms with Crippen molar-refractivity contribution in [3.63, 3.8) is 0 Å². The number of hydrogen-bond donors (Lipinski definition) is 1. The van der Waals surface area contributed by atoms with Gasteiger partial charge in [0.25, 0.3) is 0 Å². The minimum atomic E-state index is 0.183. The lowest BCUT2D eigenvalue weighted by molar-refractivity contribution is -0.130. The van der Waals surface area contributed by atoms with Crippen LogP contribution in [0.15, 0.2) is 35.5 Å². The van der Waals surface area contributed by atoms with Crippen molar-refractivity contribution in [1.29, 1.82) is 0 Å². The number of H-pyrrole nitrogens is 1. The molecule has 1 fully saturated rings. The lowest BCUT2D eigenvalue weighted by atomic mass is 10.0. The molecule has 0 radical (unpaired) electrons. The van der Waals surface area contributed by atoms with Gasteiger partial charge in [0.05, 0.1) is 5.75 Å². The molecule has 1 aliphatic heterocycles. The molecule has 0 bridgehead atoms. The summed E-state index contributed by atoms with van der Waals surface area (Å²) in [6.45, 7) is 3.96. The Morgan fingerprint density at radius 3 is 3.00 bits per heavy atom. The number of nitrogens with zero attached hydrogens (tertiary/aromatic N) is 3. The van der Waals surface area contributed by atoms with Gasteiger partial charge in [0.15, 0.2) is 5.82 Å². The second kappa shape index (κ2) is 6.96. The highest BCUT2D eigenvalue weighted by Gasteiger charge is 2.21. The van der Waals surface area contributed by atoms with E-state index in [0.29, 0.717) is 16.8 Å². The average molecular weight is 316 g/mol. The van der Waals surface area contributed by atoms with E-state index >= 15 is 0 Å². The van der Waals surface area contributed by atoms with Crippen molar-refractivity contribution in [2.75, 3.05) is 18.8 Å². The molecule has 3 rings (SSSR count). The minimum absolute atomic E-state index is 0.183. The molecule has 1 aliphatic rings. The fourth-order valence-electron chi connectivity index (χ4n) is 2.67. The van der Waals surface area contributed by atoms with Crippen LogP contribution in [0.4, 0.5) is 0 Å². The molecule has 1 N–H and O–H groups in total. The summed E-state index contributed by atoms with van der Waals surface area (Å²) in [7, 11) is 0. The lowest BCUT2D eigenvalue weighted by Gasteiger charge is -2.30. The van der Waals surface area contributed by atoms with Gasteiger partial charge in [-0.1, -0.05) is 49.0 Å². The number of aromatic amines is 1. The summed E-state index contributed by atoms with van der Waals surface area (Å²) in [5.74, 6) is 1.93. The second-order valence-corrected chi connectivity index (χ2v) is 6.65. The SMILES string of the molecule is C[C@@H]1CCCN(C(=O)CSc2n[nH]c(-c3ccccc3)n2)C1. The van der Waals surface area contributed by atoms with Crippen LogP contribution in [0, 0.1) is 5.92 Å². The largest absolute Gasteiger partial charge is 0.342 e. The van der Waals surface area contributed by atoms with E-state index in [9.17, 15) is 4.79 Å². The van der Waals surface area contributed by atoms with Crippen molar-refractivity contribution in [1.82, 2.24) is 20.1 Å². The molecule has 22 heavy (non-hydrogen) atoms. The summed E-state index contributed by atoms with van der Waals surface area (Å²) in [5, 5.41) is 7.73. The summed E-state index contributed by atoms with van der Waals surface area (Å²) in [5.41, 5.74) is 0.998. The van der Waals surface area contributed by atoms with Gasteiger partial charge in [0.1, 0.15) is 0 Å². The quantitative estimate of drug-likeness (QED) is 0.881. The molecular weight excluding hydrogens is 296 g/mol. The van der Waals surface area contributed by atoms with E-state index in [1.807, 2.05) is 35.2 Å². The number of aromatic nitrogens is 3. The average Bonchev–Trinajstić information content (AvgIpc) is 3.02. The van der Waals surface area contributed by atoms with Gasteiger partial charge in [-0.15, -0.1) is 5.10 Å². The van der Waals surface area contributed by atoms with Crippen molar-refractivity contribution in [3.05, 3.63) is 30.3 Å². The van der Waals surface area contributed by atoms with Crippen molar-refractivity contribution in [2.24, 2.45) is 5.92 Å². The maximum absolute atomic E-state index is 12.2. The molecule has 2 heterocycles. The Bertz CT molecular complexity index is 628. The fourth-order valence-corrected chi connectivity index (χ4v) is 3.37. The van der Waals surface area contributed by atoms with E-state index in [1.165, 1.54) is 18.2 Å². The Morgan fingerprint density at radius 2 is 2.23 bits per heavy atom. The number of amides is 1. The van der Waals surface area contributed by atoms with E-state index in [-0.39, 0.29) is 5.91 Å². The molecule has 2 aromatic rings. The first kappa shape index (κ1) is 15.1. The van der Waals surface area contributed by atoms with Crippen LogP contribution < -0.4 is 0 Å². The molecule has 0 aliphatic carbocycles. The lowest BCUT2D eigenvalue weighted by Crippen LogP contribution is -2.40. The summed E-state index contributed by atoms with van der Waals surface area (Å²) < 4.78 is 0. The maximum Gasteiger partial charge on any atom is 0.233 e. The number of carbonyl (C=O) groups excluding carboxylic acids is 1. The van der Waals surface area contributed by atoms with Crippen LogP contribution in [0.3, 0.4) is 0 Å². The number of benzene rings is 1. The Morgan fingerprint density at radius 1 is 1.41 bits per heavy atom. The van der Waals surface area contributed by atoms with E-state index in [0.717, 1.165) is 30.9 Å². The van der Waals surface area contributed by atoms with Gasteiger partial charge in [-0.3, -0.25) is 9.89 Å². The number of hydrogen-bond acceptors (Lipinski definition) is 4. The van der Waals surface area contributed by atoms with Crippen molar-refractivity contribution in [2.45, 2.75) is 24.9 Å². The molecular formula is C16H20N4OS. The summed E-state index contributed by atoms with van der Waals surface area (Å²) in [6, 6.07) is 9.86. The smallest absolute Gasteiger partial charge is 0.233 e. The van der Waals surface area contributed by atoms with Crippen molar-refractivity contribution < 1.29 is 4.79 Å². The van der Waals surface area contributed by atoms with E-state index < -0.39 is 0 Å². The predicted octanol–water partition coefficient (Wildman–Crippen LogP) is 2.82. The molecule has 1 saturated heterocycles. The molecule has 0 saturated carbocycles. The molecule has 116 valence electrons. The maximum atomic E-state index is 12.2. The highest BCUT2D eigenvalue weighted by atomic mass is 32.2. The van der Waals surface area contributed by atoms with E-state index in [2.05, 4.69) is 22.1 Å². The van der Waals surface area contributed by atoms with Crippen molar-refractivity contribution >= 4 is 17.7 Å². The van der Waals surface area contributed by atoms with Gasteiger partial charge in [-0.25, -0.2) is 4.98 Å². The Balaban J connectivity index is 1.56. The summed E-state index contributed by atoms with van der Waals surface area (Å²) in [6.07, 6.45) is 2.33. The highest BCUT2D eigenvalue weighted by Crippen LogP contribution is 2.21. The monoisotopic (exact) mass is 316 g/mol. The zero-order valence-corrected chi connectivity index (χ0v) is 13.5. The Kier molecular flexibility index (Phi) is 4.77. The standard InChI is InChI=1S/C16H20N4OS/c1-12-6-5-9-20(10-12)14(21)11-22-16-17-15(18-19-16)13-7-3-2-4-8-13/h2-4,7-8,12H,5-6,9-11H2,1H3,(H,17,18,19)/t12-/m1/s1. The molecule has 5 nitrogen and oxygen atoms in total. The topological polar surface area (TPSA) is 61.9 Å². The van der Waals surface area contributed by atoms with Gasteiger partial charge >= 0.3 is 0 Å². The van der Waals surface area contributed by atoms with Gasteiger partial charge in [0, 0.05) is 18.7 Å². The summed E-state index contributed by atoms with van der Waals surface area (Å²) in [4.78, 5) is 18.6. The number of rotatable bonds is 4. The van der Waals surface area contributed by atoms with Crippen LogP contribution in [0.1, 0.15) is 19.8 Å². The molecule has 0 unspecified atom stereocenters. The molecule has 1 amide bonds. The number of carbonyl (C=O) groups is 1. The van der Waals surface area contributed by atoms with Crippen LogP contribution in [-0.4, -0.2) is 44.8 Å². The molecule has 6 heteroatoms. The molecule has 1 aromatic heterocycles. The van der Waals surface area contributed by atoms with Gasteiger partial charge < -0.3 is 4.90 Å². The highest BCUT2D eigenvalue weighted by molar-refractivity contribution is 7.99. The van der Waals surface area contributed by atoms with Crippen molar-refractivity contribution in [3.8, 4) is 11.4 Å². The second-order valence-electron chi connectivity index (χ2n) is 5.71. The molecule has 1 atom stereocenters. The third-order valence-electron chi connectivity index (χ3n) is 3.85. The third-order valence-corrected chi connectivity index (χ3v) is 4.68. The van der Waals surface area contributed by atoms with E-state index in [1.54, 1.807) is 0 Å². The van der Waals surface area contributed by atoms with E-state index in [4.69, 9.17) is 0 Å². The normalized spacial score (nSPS) is 18.4. The number of nitrogens with one attached hydrogen (secondary N) is 1. The van der Waals surface area contributed by atoms with Gasteiger partial charge in [-0.05, 0) is 18.8 Å². The summed E-state index contributed by atoms with van der Waals surface area (Å²) >= 11 is 1.39. The molecule has 1 aromatic carbocycles. The minimum Gasteiger partial charge on any atom is -0.342 e. The first-order valence-electron chi connectivity index (χ1n) is 7.61. The Labute approximate surface area is 134 Å². The van der Waals surface area contributed by atoms with Crippen LogP contribution in [0.5, 0.6) is 0 Å². The van der Waals surface area contributed by atoms with Crippen LogP contribution in [0.2, 0.25) is 0 Å². The number of piperidine rings is 1. The van der Waals surface area contributed by atoms with Crippen LogP contribution in [-0.2, 0) is 4.79 Å². The van der Waals surface area contributed by atoms with Gasteiger partial charge in [-0.2, -0.15) is 0 Å². The number of thioether (sulfide) groups is 1. The van der Waals surface area contributed by atoms with Crippen LogP contribution >= 0.6 is 11.8 Å². The van der Waals surface area contributed by atoms with Gasteiger partial charge in [0.2, 0.25) is 11.1 Å². The fraction of sp³-hybridized carbons (Fsp3) is 0.438. The molecule has 0 spiro atoms. The first-order valence-corrected chi connectivity index (χ1v) is 8.59. The number of likely N-dealkylation sites (tertiary alicyclic amines) is 1.